The Morgan fingerprint density at radius 2 is 1.76 bits per heavy atom. The lowest BCUT2D eigenvalue weighted by molar-refractivity contribution is -0.145. The normalized spacial score (nSPS) is 22.1. The van der Waals surface area contributed by atoms with E-state index in [1.165, 1.54) is 17.0 Å². The Balaban J connectivity index is 1.52. The van der Waals surface area contributed by atoms with Crippen LogP contribution in [0.5, 0.6) is 0 Å². The first-order valence-electron chi connectivity index (χ1n) is 8.80. The molecule has 1 atom stereocenters. The van der Waals surface area contributed by atoms with Crippen molar-refractivity contribution in [2.24, 2.45) is 0 Å². The van der Waals surface area contributed by atoms with Crippen LogP contribution in [0.25, 0.3) is 0 Å². The van der Waals surface area contributed by atoms with Crippen molar-refractivity contribution in [1.82, 2.24) is 9.80 Å². The van der Waals surface area contributed by atoms with E-state index in [9.17, 15) is 19.1 Å². The van der Waals surface area contributed by atoms with Crippen molar-refractivity contribution >= 4 is 17.5 Å². The summed E-state index contributed by atoms with van der Waals surface area (Å²) >= 11 is 0. The molecular formula is C18H24FN3O3. The standard InChI is InChI=1S/C18H24FN3O3/c19-14-4-6-15(7-5-14)20-9-11-21(12-10-20)17(24)13-22-8-2-1-3-16(23)18(22)25/h4-7,16,23H,1-3,8-13H2. The minimum Gasteiger partial charge on any atom is -0.383 e. The highest BCUT2D eigenvalue weighted by atomic mass is 19.1. The molecule has 2 aliphatic rings. The molecule has 2 aliphatic heterocycles. The Kier molecular flexibility index (Phi) is 5.53. The lowest BCUT2D eigenvalue weighted by Crippen LogP contribution is -2.52. The number of hydrogen-bond acceptors (Lipinski definition) is 4. The second kappa shape index (κ2) is 7.82. The van der Waals surface area contributed by atoms with Gasteiger partial charge >= 0.3 is 0 Å². The van der Waals surface area contributed by atoms with E-state index in [1.807, 2.05) is 0 Å². The predicted octanol–water partition coefficient (Wildman–Crippen LogP) is 0.848. The first kappa shape index (κ1) is 17.7. The molecule has 0 radical (unpaired) electrons. The summed E-state index contributed by atoms with van der Waals surface area (Å²) in [6, 6.07) is 6.35. The summed E-state index contributed by atoms with van der Waals surface area (Å²) in [5.74, 6) is -0.682. The van der Waals surface area contributed by atoms with Crippen molar-refractivity contribution < 1.29 is 19.1 Å². The van der Waals surface area contributed by atoms with E-state index in [0.717, 1.165) is 18.5 Å². The lowest BCUT2D eigenvalue weighted by Gasteiger charge is -2.37. The third kappa shape index (κ3) is 4.28. The fourth-order valence-corrected chi connectivity index (χ4v) is 3.37. The number of carbonyl (C=O) groups excluding carboxylic acids is 2. The molecule has 0 aliphatic carbocycles. The van der Waals surface area contributed by atoms with Crippen LogP contribution in [0.2, 0.25) is 0 Å². The zero-order chi connectivity index (χ0) is 17.8. The zero-order valence-corrected chi connectivity index (χ0v) is 14.2. The first-order valence-corrected chi connectivity index (χ1v) is 8.80. The van der Waals surface area contributed by atoms with Crippen molar-refractivity contribution in [2.75, 3.05) is 44.2 Å². The van der Waals surface area contributed by atoms with E-state index < -0.39 is 6.10 Å². The summed E-state index contributed by atoms with van der Waals surface area (Å²) < 4.78 is 13.0. The van der Waals surface area contributed by atoms with E-state index >= 15 is 0 Å². The summed E-state index contributed by atoms with van der Waals surface area (Å²) in [4.78, 5) is 29.9. The van der Waals surface area contributed by atoms with Gasteiger partial charge in [-0.05, 0) is 43.5 Å². The molecule has 0 spiro atoms. The molecule has 6 nitrogen and oxygen atoms in total. The largest absolute Gasteiger partial charge is 0.383 e. The van der Waals surface area contributed by atoms with Crippen LogP contribution >= 0.6 is 0 Å². The number of nitrogens with zero attached hydrogens (tertiary/aromatic N) is 3. The van der Waals surface area contributed by atoms with Crippen molar-refractivity contribution in [3.8, 4) is 0 Å². The van der Waals surface area contributed by atoms with Crippen LogP contribution in [0.1, 0.15) is 19.3 Å². The number of aliphatic hydroxyl groups excluding tert-OH is 1. The van der Waals surface area contributed by atoms with Crippen molar-refractivity contribution in [3.63, 3.8) is 0 Å². The summed E-state index contributed by atoms with van der Waals surface area (Å²) in [7, 11) is 0. The highest BCUT2D eigenvalue weighted by molar-refractivity contribution is 5.87. The van der Waals surface area contributed by atoms with Gasteiger partial charge in [-0.2, -0.15) is 0 Å². The van der Waals surface area contributed by atoms with E-state index in [-0.39, 0.29) is 24.2 Å². The quantitative estimate of drug-likeness (QED) is 0.879. The van der Waals surface area contributed by atoms with Gasteiger partial charge in [0, 0.05) is 38.4 Å². The van der Waals surface area contributed by atoms with Crippen molar-refractivity contribution in [3.05, 3.63) is 30.1 Å². The molecule has 1 aromatic carbocycles. The number of piperazine rings is 1. The Labute approximate surface area is 146 Å². The number of rotatable bonds is 3. The molecule has 0 saturated carbocycles. The average molecular weight is 349 g/mol. The molecule has 1 N–H and O–H groups in total. The smallest absolute Gasteiger partial charge is 0.251 e. The molecule has 0 bridgehead atoms. The number of anilines is 1. The number of benzene rings is 1. The monoisotopic (exact) mass is 349 g/mol. The summed E-state index contributed by atoms with van der Waals surface area (Å²) in [5, 5.41) is 9.78. The minimum atomic E-state index is -0.981. The maximum Gasteiger partial charge on any atom is 0.251 e. The van der Waals surface area contributed by atoms with Gasteiger partial charge in [-0.1, -0.05) is 0 Å². The Hall–Kier alpha value is -2.15. The van der Waals surface area contributed by atoms with Gasteiger partial charge in [-0.25, -0.2) is 4.39 Å². The summed E-state index contributed by atoms with van der Waals surface area (Å²) in [6.07, 6.45) is 1.10. The van der Waals surface area contributed by atoms with Crippen LogP contribution < -0.4 is 4.90 Å². The SMILES string of the molecule is O=C(CN1CCCCC(O)C1=O)N1CCN(c2ccc(F)cc2)CC1. The molecule has 2 fully saturated rings. The number of likely N-dealkylation sites (tertiary alicyclic amines) is 1. The Morgan fingerprint density at radius 1 is 1.08 bits per heavy atom. The van der Waals surface area contributed by atoms with E-state index in [0.29, 0.717) is 39.1 Å². The van der Waals surface area contributed by atoms with Crippen molar-refractivity contribution in [2.45, 2.75) is 25.4 Å². The van der Waals surface area contributed by atoms with Crippen LogP contribution in [0.15, 0.2) is 24.3 Å². The fourth-order valence-electron chi connectivity index (χ4n) is 3.37. The van der Waals surface area contributed by atoms with Gasteiger partial charge in [0.1, 0.15) is 11.9 Å². The van der Waals surface area contributed by atoms with Gasteiger partial charge < -0.3 is 19.8 Å². The molecule has 0 aromatic heterocycles. The van der Waals surface area contributed by atoms with Gasteiger partial charge in [0.15, 0.2) is 0 Å². The van der Waals surface area contributed by atoms with Gasteiger partial charge in [-0.3, -0.25) is 9.59 Å². The predicted molar refractivity (Wildman–Crippen MR) is 91.6 cm³/mol. The third-order valence-corrected chi connectivity index (χ3v) is 4.90. The van der Waals surface area contributed by atoms with Gasteiger partial charge in [0.05, 0.1) is 6.54 Å². The van der Waals surface area contributed by atoms with E-state index in [1.54, 1.807) is 17.0 Å². The van der Waals surface area contributed by atoms with Crippen LogP contribution in [-0.2, 0) is 9.59 Å². The third-order valence-electron chi connectivity index (χ3n) is 4.90. The molecule has 1 unspecified atom stereocenters. The van der Waals surface area contributed by atoms with E-state index in [2.05, 4.69) is 4.90 Å². The Bertz CT molecular complexity index is 614. The fraction of sp³-hybridized carbons (Fsp3) is 0.556. The number of amides is 2. The second-order valence-corrected chi connectivity index (χ2v) is 6.62. The average Bonchev–Trinajstić information content (AvgIpc) is 2.78. The molecule has 7 heteroatoms. The summed E-state index contributed by atoms with van der Waals surface area (Å²) in [5.41, 5.74) is 0.944. The minimum absolute atomic E-state index is 0.0342. The highest BCUT2D eigenvalue weighted by Crippen LogP contribution is 2.17. The molecular weight excluding hydrogens is 325 g/mol. The van der Waals surface area contributed by atoms with Crippen LogP contribution in [-0.4, -0.2) is 72.1 Å². The molecule has 2 heterocycles. The molecule has 2 saturated heterocycles. The van der Waals surface area contributed by atoms with Gasteiger partial charge in [0.25, 0.3) is 5.91 Å². The summed E-state index contributed by atoms with van der Waals surface area (Å²) in [6.45, 7) is 3.05. The number of aliphatic hydroxyl groups is 1. The molecule has 3 rings (SSSR count). The zero-order valence-electron chi connectivity index (χ0n) is 14.2. The maximum absolute atomic E-state index is 13.0. The van der Waals surface area contributed by atoms with Crippen LogP contribution in [0.3, 0.4) is 0 Å². The number of carbonyl (C=O) groups is 2. The number of halogens is 1. The van der Waals surface area contributed by atoms with Gasteiger partial charge in [0.2, 0.25) is 5.91 Å². The first-order chi connectivity index (χ1) is 12.0. The number of hydrogen-bond donors (Lipinski definition) is 1. The maximum atomic E-state index is 13.0. The lowest BCUT2D eigenvalue weighted by atomic mass is 10.2. The molecule has 25 heavy (non-hydrogen) atoms. The Morgan fingerprint density at radius 3 is 2.44 bits per heavy atom. The topological polar surface area (TPSA) is 64.1 Å². The van der Waals surface area contributed by atoms with Gasteiger partial charge in [-0.15, -0.1) is 0 Å². The van der Waals surface area contributed by atoms with Crippen molar-refractivity contribution in [1.29, 1.82) is 0 Å². The highest BCUT2D eigenvalue weighted by Gasteiger charge is 2.29. The van der Waals surface area contributed by atoms with Crippen LogP contribution in [0.4, 0.5) is 10.1 Å². The van der Waals surface area contributed by atoms with E-state index in [4.69, 9.17) is 0 Å². The van der Waals surface area contributed by atoms with Crippen LogP contribution in [0, 0.1) is 5.82 Å². The second-order valence-electron chi connectivity index (χ2n) is 6.62. The molecule has 136 valence electrons. The molecule has 2 amide bonds. The molecule has 1 aromatic rings.